The average Bonchev–Trinajstić information content (AvgIpc) is 3.13. The molecule has 0 saturated carbocycles. The van der Waals surface area contributed by atoms with Gasteiger partial charge in [-0.15, -0.1) is 0 Å². The normalized spacial score (nSPS) is 9.56. The van der Waals surface area contributed by atoms with Gasteiger partial charge in [-0.3, -0.25) is 4.79 Å². The predicted octanol–water partition coefficient (Wildman–Crippen LogP) is 1.59. The highest BCUT2D eigenvalue weighted by Crippen LogP contribution is 2.13. The van der Waals surface area contributed by atoms with Crippen molar-refractivity contribution in [3.63, 3.8) is 0 Å². The first kappa shape index (κ1) is 17.7. The first-order valence-electron chi connectivity index (χ1n) is 7.38. The van der Waals surface area contributed by atoms with Crippen LogP contribution in [0.5, 0.6) is 0 Å². The smallest absolute Gasteiger partial charge is 0.271 e. The Balaban J connectivity index is 2.03. The minimum atomic E-state index is -0.264. The number of hydrogen-bond acceptors (Lipinski definition) is 6. The van der Waals surface area contributed by atoms with E-state index in [2.05, 4.69) is 15.7 Å². The maximum atomic E-state index is 11.9. The highest BCUT2D eigenvalue weighted by atomic mass is 16.5. The summed E-state index contributed by atoms with van der Waals surface area (Å²) in [5, 5.41) is 27.2. The maximum Gasteiger partial charge on any atom is 0.271 e. The first-order chi connectivity index (χ1) is 12.2. The van der Waals surface area contributed by atoms with E-state index in [1.54, 1.807) is 60.5 Å². The Bertz CT molecular complexity index is 823. The molecule has 0 saturated heterocycles. The Labute approximate surface area is 144 Å². The minimum absolute atomic E-state index is 0.0136. The summed E-state index contributed by atoms with van der Waals surface area (Å²) in [7, 11) is 1.57. The second kappa shape index (κ2) is 8.87. The molecular weight excluding hydrogens is 320 g/mol. The fraction of sp³-hybridized carbons (Fsp3) is 0.176. The molecule has 1 amide bonds. The molecule has 0 fully saturated rings. The van der Waals surface area contributed by atoms with Crippen molar-refractivity contribution in [1.29, 1.82) is 10.5 Å². The first-order valence-corrected chi connectivity index (χ1v) is 7.38. The number of aromatic nitrogens is 2. The molecule has 126 valence electrons. The van der Waals surface area contributed by atoms with Gasteiger partial charge in [0.1, 0.15) is 17.7 Å². The van der Waals surface area contributed by atoms with Gasteiger partial charge in [0.2, 0.25) is 0 Å². The van der Waals surface area contributed by atoms with Crippen LogP contribution in [-0.2, 0) is 4.74 Å². The lowest BCUT2D eigenvalue weighted by molar-refractivity contribution is 0.0931. The Morgan fingerprint density at radius 3 is 2.64 bits per heavy atom. The summed E-state index contributed by atoms with van der Waals surface area (Å²) < 4.78 is 6.46. The van der Waals surface area contributed by atoms with Crippen LogP contribution in [0.25, 0.3) is 5.69 Å². The van der Waals surface area contributed by atoms with Gasteiger partial charge in [-0.05, 0) is 30.3 Å². The number of rotatable bonds is 7. The Kier molecular flexibility index (Phi) is 6.29. The van der Waals surface area contributed by atoms with Crippen LogP contribution >= 0.6 is 0 Å². The van der Waals surface area contributed by atoms with Gasteiger partial charge in [0, 0.05) is 31.7 Å². The number of methoxy groups -OCH3 is 1. The van der Waals surface area contributed by atoms with Crippen molar-refractivity contribution in [3.8, 4) is 17.8 Å². The third kappa shape index (κ3) is 4.93. The zero-order valence-corrected chi connectivity index (χ0v) is 13.6. The van der Waals surface area contributed by atoms with E-state index in [1.807, 2.05) is 0 Å². The van der Waals surface area contributed by atoms with Gasteiger partial charge in [-0.25, -0.2) is 4.68 Å². The summed E-state index contributed by atoms with van der Waals surface area (Å²) in [5.74, 6) is -0.264. The van der Waals surface area contributed by atoms with Gasteiger partial charge in [-0.1, -0.05) is 0 Å². The van der Waals surface area contributed by atoms with Crippen molar-refractivity contribution in [2.45, 2.75) is 0 Å². The predicted molar refractivity (Wildman–Crippen MR) is 90.7 cm³/mol. The molecular formula is C17H16N6O2. The lowest BCUT2D eigenvalue weighted by atomic mass is 10.2. The number of allylic oxidation sites excluding steroid dienone is 1. The van der Waals surface area contributed by atoms with Crippen LogP contribution < -0.4 is 10.6 Å². The van der Waals surface area contributed by atoms with Crippen molar-refractivity contribution >= 4 is 11.6 Å². The molecule has 0 atom stereocenters. The quantitative estimate of drug-likeness (QED) is 0.586. The number of carbonyl (C=O) groups is 1. The summed E-state index contributed by atoms with van der Waals surface area (Å²) in [4.78, 5) is 11.9. The van der Waals surface area contributed by atoms with Crippen LogP contribution in [0.1, 0.15) is 10.5 Å². The molecule has 1 heterocycles. The average molecular weight is 336 g/mol. The van der Waals surface area contributed by atoms with Crippen LogP contribution in [-0.4, -0.2) is 35.9 Å². The van der Waals surface area contributed by atoms with Gasteiger partial charge in [0.05, 0.1) is 12.3 Å². The zero-order chi connectivity index (χ0) is 18.1. The molecule has 2 N–H and O–H groups in total. The van der Waals surface area contributed by atoms with E-state index in [0.717, 1.165) is 11.4 Å². The Hall–Kier alpha value is -3.62. The van der Waals surface area contributed by atoms with Crippen LogP contribution in [0.15, 0.2) is 48.3 Å². The van der Waals surface area contributed by atoms with Gasteiger partial charge >= 0.3 is 0 Å². The Morgan fingerprint density at radius 1 is 1.28 bits per heavy atom. The van der Waals surface area contributed by atoms with Gasteiger partial charge < -0.3 is 15.4 Å². The summed E-state index contributed by atoms with van der Waals surface area (Å²) in [6.07, 6.45) is 3.03. The minimum Gasteiger partial charge on any atom is -0.383 e. The van der Waals surface area contributed by atoms with Crippen LogP contribution in [0, 0.1) is 22.7 Å². The molecule has 0 aliphatic heterocycles. The molecule has 0 spiro atoms. The second-order valence-electron chi connectivity index (χ2n) is 4.87. The highest BCUT2D eigenvalue weighted by Gasteiger charge is 2.09. The third-order valence-corrected chi connectivity index (χ3v) is 3.17. The van der Waals surface area contributed by atoms with Crippen molar-refractivity contribution in [3.05, 3.63) is 54.0 Å². The molecule has 1 aromatic carbocycles. The van der Waals surface area contributed by atoms with Crippen molar-refractivity contribution in [2.75, 3.05) is 25.6 Å². The van der Waals surface area contributed by atoms with E-state index in [9.17, 15) is 4.79 Å². The van der Waals surface area contributed by atoms with E-state index in [-0.39, 0.29) is 11.5 Å². The van der Waals surface area contributed by atoms with Crippen LogP contribution in [0.4, 0.5) is 5.69 Å². The lowest BCUT2D eigenvalue weighted by Crippen LogP contribution is -2.27. The molecule has 8 nitrogen and oxygen atoms in total. The fourth-order valence-electron chi connectivity index (χ4n) is 1.90. The number of ether oxygens (including phenoxy) is 1. The standard InChI is InChI=1S/C17H16N6O2/c1-25-9-7-20-17(24)16-6-8-23(22-16)15-4-2-14(3-5-15)21-12-13(10-18)11-19/h2-6,8,12,21H,7,9H2,1H3,(H,20,24). The zero-order valence-electron chi connectivity index (χ0n) is 13.6. The van der Waals surface area contributed by atoms with Gasteiger partial charge in [-0.2, -0.15) is 15.6 Å². The SMILES string of the molecule is COCCNC(=O)c1ccn(-c2ccc(NC=C(C#N)C#N)cc2)n1. The molecule has 0 aliphatic rings. The molecule has 0 unspecified atom stereocenters. The number of carbonyl (C=O) groups excluding carboxylic acids is 1. The van der Waals surface area contributed by atoms with Crippen molar-refractivity contribution in [1.82, 2.24) is 15.1 Å². The Morgan fingerprint density at radius 2 is 2.00 bits per heavy atom. The number of nitrogens with zero attached hydrogens (tertiary/aromatic N) is 4. The topological polar surface area (TPSA) is 116 Å². The van der Waals surface area contributed by atoms with E-state index >= 15 is 0 Å². The number of amides is 1. The monoisotopic (exact) mass is 336 g/mol. The third-order valence-electron chi connectivity index (χ3n) is 3.17. The summed E-state index contributed by atoms with van der Waals surface area (Å²) in [6.45, 7) is 0.859. The lowest BCUT2D eigenvalue weighted by Gasteiger charge is -2.04. The number of benzene rings is 1. The molecule has 2 aromatic rings. The van der Waals surface area contributed by atoms with Crippen molar-refractivity contribution < 1.29 is 9.53 Å². The molecule has 2 rings (SSSR count). The second-order valence-corrected chi connectivity index (χ2v) is 4.87. The van der Waals surface area contributed by atoms with E-state index in [1.165, 1.54) is 6.20 Å². The fourth-order valence-corrected chi connectivity index (χ4v) is 1.90. The van der Waals surface area contributed by atoms with E-state index in [0.29, 0.717) is 18.8 Å². The van der Waals surface area contributed by atoms with Gasteiger partial charge in [0.25, 0.3) is 5.91 Å². The highest BCUT2D eigenvalue weighted by molar-refractivity contribution is 5.92. The molecule has 1 aromatic heterocycles. The van der Waals surface area contributed by atoms with E-state index in [4.69, 9.17) is 15.3 Å². The number of anilines is 1. The maximum absolute atomic E-state index is 11.9. The largest absolute Gasteiger partial charge is 0.383 e. The molecule has 8 heteroatoms. The van der Waals surface area contributed by atoms with E-state index < -0.39 is 0 Å². The molecule has 0 radical (unpaired) electrons. The van der Waals surface area contributed by atoms with Crippen LogP contribution in [0.3, 0.4) is 0 Å². The summed E-state index contributed by atoms with van der Waals surface area (Å²) in [6, 6.07) is 12.3. The van der Waals surface area contributed by atoms with Crippen molar-refractivity contribution in [2.24, 2.45) is 0 Å². The van der Waals surface area contributed by atoms with Crippen LogP contribution in [0.2, 0.25) is 0 Å². The summed E-state index contributed by atoms with van der Waals surface area (Å²) >= 11 is 0. The molecule has 0 bridgehead atoms. The molecule has 0 aliphatic carbocycles. The number of nitriles is 2. The van der Waals surface area contributed by atoms with Gasteiger partial charge in [0.15, 0.2) is 5.69 Å². The summed E-state index contributed by atoms with van der Waals surface area (Å²) in [5.41, 5.74) is 1.79. The number of nitrogens with one attached hydrogen (secondary N) is 2. The molecule has 25 heavy (non-hydrogen) atoms. The number of hydrogen-bond donors (Lipinski definition) is 2.